The average Bonchev–Trinajstić information content (AvgIpc) is 2.18. The van der Waals surface area contributed by atoms with Gasteiger partial charge in [0.2, 0.25) is 0 Å². The molecule has 0 radical (unpaired) electrons. The fourth-order valence-corrected chi connectivity index (χ4v) is 1.25. The smallest absolute Gasteiger partial charge is 0.409 e. The molecule has 0 bridgehead atoms. The van der Waals surface area contributed by atoms with Crippen LogP contribution in [0.5, 0.6) is 0 Å². The van der Waals surface area contributed by atoms with E-state index in [2.05, 4.69) is 20.8 Å². The molecule has 0 spiro atoms. The second-order valence-corrected chi connectivity index (χ2v) is 3.50. The molecule has 0 fully saturated rings. The number of hydrogen-bond acceptors (Lipinski definition) is 2. The Kier molecular flexibility index (Phi) is 7.25. The number of unbranched alkanes of at least 4 members (excludes halogenated alkanes) is 1. The van der Waals surface area contributed by atoms with E-state index in [1.165, 1.54) is 0 Å². The molecule has 14 heavy (non-hydrogen) atoms. The van der Waals surface area contributed by atoms with Gasteiger partial charge >= 0.3 is 6.09 Å². The van der Waals surface area contributed by atoms with E-state index in [1.807, 2.05) is 11.8 Å². The fourth-order valence-electron chi connectivity index (χ4n) is 1.25. The largest absolute Gasteiger partial charge is 0.450 e. The van der Waals surface area contributed by atoms with E-state index < -0.39 is 0 Å². The van der Waals surface area contributed by atoms with Crippen LogP contribution < -0.4 is 0 Å². The molecule has 0 N–H and O–H groups in total. The van der Waals surface area contributed by atoms with Crippen molar-refractivity contribution in [3.8, 4) is 0 Å². The van der Waals surface area contributed by atoms with Crippen LogP contribution in [0.25, 0.3) is 0 Å². The molecule has 3 nitrogen and oxygen atoms in total. The maximum atomic E-state index is 11.6. The van der Waals surface area contributed by atoms with E-state index in [-0.39, 0.29) is 12.1 Å². The summed E-state index contributed by atoms with van der Waals surface area (Å²) >= 11 is 0. The first kappa shape index (κ1) is 13.3. The third kappa shape index (κ3) is 4.49. The number of carbonyl (C=O) groups excluding carboxylic acids is 1. The van der Waals surface area contributed by atoms with Crippen molar-refractivity contribution in [2.45, 2.75) is 53.0 Å². The van der Waals surface area contributed by atoms with Crippen molar-refractivity contribution in [1.82, 2.24) is 4.90 Å². The Balaban J connectivity index is 4.15. The second kappa shape index (κ2) is 7.65. The summed E-state index contributed by atoms with van der Waals surface area (Å²) in [6.45, 7) is 9.38. The van der Waals surface area contributed by atoms with E-state index in [0.717, 1.165) is 25.8 Å². The Bertz CT molecular complexity index is 159. The minimum atomic E-state index is -0.171. The van der Waals surface area contributed by atoms with Gasteiger partial charge in [-0.15, -0.1) is 0 Å². The summed E-state index contributed by atoms with van der Waals surface area (Å²) in [6.07, 6.45) is 2.95. The summed E-state index contributed by atoms with van der Waals surface area (Å²) < 4.78 is 5.01. The number of amides is 1. The zero-order valence-electron chi connectivity index (χ0n) is 9.88. The Morgan fingerprint density at radius 3 is 2.43 bits per heavy atom. The van der Waals surface area contributed by atoms with Crippen molar-refractivity contribution in [2.75, 3.05) is 13.2 Å². The van der Waals surface area contributed by atoms with Gasteiger partial charge in [0.25, 0.3) is 0 Å². The SMILES string of the molecule is CCCCN(C(=O)OCC)C(C)CC. The van der Waals surface area contributed by atoms with E-state index in [4.69, 9.17) is 4.74 Å². The highest BCUT2D eigenvalue weighted by molar-refractivity contribution is 5.67. The van der Waals surface area contributed by atoms with Gasteiger partial charge in [-0.2, -0.15) is 0 Å². The Morgan fingerprint density at radius 1 is 1.36 bits per heavy atom. The molecule has 1 amide bonds. The third-order valence-corrected chi connectivity index (χ3v) is 2.38. The van der Waals surface area contributed by atoms with Gasteiger partial charge in [0.1, 0.15) is 0 Å². The highest BCUT2D eigenvalue weighted by atomic mass is 16.6. The van der Waals surface area contributed by atoms with Crippen LogP contribution in [-0.2, 0) is 4.74 Å². The number of hydrogen-bond donors (Lipinski definition) is 0. The first-order chi connectivity index (χ1) is 6.67. The Labute approximate surface area is 87.4 Å². The summed E-state index contributed by atoms with van der Waals surface area (Å²) in [4.78, 5) is 13.4. The first-order valence-corrected chi connectivity index (χ1v) is 5.60. The van der Waals surface area contributed by atoms with Crippen LogP contribution in [0.3, 0.4) is 0 Å². The predicted octanol–water partition coefficient (Wildman–Crippen LogP) is 3.04. The summed E-state index contributed by atoms with van der Waals surface area (Å²) in [7, 11) is 0. The molecule has 0 heterocycles. The van der Waals surface area contributed by atoms with Crippen molar-refractivity contribution in [1.29, 1.82) is 0 Å². The van der Waals surface area contributed by atoms with E-state index in [9.17, 15) is 4.79 Å². The summed E-state index contributed by atoms with van der Waals surface area (Å²) in [5.74, 6) is 0. The lowest BCUT2D eigenvalue weighted by Crippen LogP contribution is -2.39. The number of ether oxygens (including phenoxy) is 1. The third-order valence-electron chi connectivity index (χ3n) is 2.38. The van der Waals surface area contributed by atoms with Gasteiger partial charge < -0.3 is 9.64 Å². The molecule has 0 saturated carbocycles. The lowest BCUT2D eigenvalue weighted by atomic mass is 10.2. The molecule has 0 aromatic rings. The van der Waals surface area contributed by atoms with Crippen LogP contribution in [0.1, 0.15) is 47.0 Å². The van der Waals surface area contributed by atoms with Gasteiger partial charge in [-0.25, -0.2) is 4.79 Å². The van der Waals surface area contributed by atoms with Gasteiger partial charge in [-0.05, 0) is 26.7 Å². The minimum Gasteiger partial charge on any atom is -0.450 e. The van der Waals surface area contributed by atoms with Gasteiger partial charge in [-0.1, -0.05) is 20.3 Å². The summed E-state index contributed by atoms with van der Waals surface area (Å²) in [5.41, 5.74) is 0. The molecule has 0 rings (SSSR count). The number of rotatable bonds is 6. The summed E-state index contributed by atoms with van der Waals surface area (Å²) in [6, 6.07) is 0.278. The van der Waals surface area contributed by atoms with Gasteiger partial charge in [0.15, 0.2) is 0 Å². The normalized spacial score (nSPS) is 12.3. The molecule has 0 aromatic carbocycles. The highest BCUT2D eigenvalue weighted by Crippen LogP contribution is 2.07. The lowest BCUT2D eigenvalue weighted by Gasteiger charge is -2.27. The zero-order valence-corrected chi connectivity index (χ0v) is 9.88. The molecule has 0 aromatic heterocycles. The molecule has 0 aliphatic heterocycles. The van der Waals surface area contributed by atoms with Crippen LogP contribution in [0.2, 0.25) is 0 Å². The topological polar surface area (TPSA) is 29.5 Å². The first-order valence-electron chi connectivity index (χ1n) is 5.60. The van der Waals surface area contributed by atoms with Crippen LogP contribution >= 0.6 is 0 Å². The Morgan fingerprint density at radius 2 is 2.00 bits per heavy atom. The van der Waals surface area contributed by atoms with E-state index in [0.29, 0.717) is 6.61 Å². The fraction of sp³-hybridized carbons (Fsp3) is 0.909. The standard InChI is InChI=1S/C11H23NO2/c1-5-8-9-12(10(4)6-2)11(13)14-7-3/h10H,5-9H2,1-4H3. The number of nitrogens with zero attached hydrogens (tertiary/aromatic N) is 1. The minimum absolute atomic E-state index is 0.171. The molecule has 1 atom stereocenters. The average molecular weight is 201 g/mol. The van der Waals surface area contributed by atoms with E-state index in [1.54, 1.807) is 0 Å². The molecule has 0 saturated heterocycles. The summed E-state index contributed by atoms with van der Waals surface area (Å²) in [5, 5.41) is 0. The molecule has 0 aliphatic carbocycles. The maximum Gasteiger partial charge on any atom is 0.409 e. The molecule has 0 aliphatic rings. The monoisotopic (exact) mass is 201 g/mol. The predicted molar refractivity (Wildman–Crippen MR) is 58.4 cm³/mol. The van der Waals surface area contributed by atoms with Crippen molar-refractivity contribution in [2.24, 2.45) is 0 Å². The molecule has 1 unspecified atom stereocenters. The lowest BCUT2D eigenvalue weighted by molar-refractivity contribution is 0.0916. The molecule has 84 valence electrons. The van der Waals surface area contributed by atoms with E-state index >= 15 is 0 Å². The highest BCUT2D eigenvalue weighted by Gasteiger charge is 2.18. The Hall–Kier alpha value is -0.730. The zero-order chi connectivity index (χ0) is 11.0. The van der Waals surface area contributed by atoms with Gasteiger partial charge in [0.05, 0.1) is 6.61 Å². The maximum absolute atomic E-state index is 11.6. The molecular formula is C11H23NO2. The number of carbonyl (C=O) groups is 1. The van der Waals surface area contributed by atoms with Gasteiger partial charge in [0, 0.05) is 12.6 Å². The van der Waals surface area contributed by atoms with Crippen LogP contribution in [0.15, 0.2) is 0 Å². The van der Waals surface area contributed by atoms with Crippen molar-refractivity contribution < 1.29 is 9.53 Å². The van der Waals surface area contributed by atoms with Crippen LogP contribution in [-0.4, -0.2) is 30.2 Å². The van der Waals surface area contributed by atoms with Crippen LogP contribution in [0, 0.1) is 0 Å². The second-order valence-electron chi connectivity index (χ2n) is 3.50. The van der Waals surface area contributed by atoms with Gasteiger partial charge in [-0.3, -0.25) is 0 Å². The quantitative estimate of drug-likeness (QED) is 0.661. The molecule has 3 heteroatoms. The van der Waals surface area contributed by atoms with Crippen molar-refractivity contribution >= 4 is 6.09 Å². The van der Waals surface area contributed by atoms with Crippen molar-refractivity contribution in [3.05, 3.63) is 0 Å². The van der Waals surface area contributed by atoms with Crippen LogP contribution in [0.4, 0.5) is 4.79 Å². The van der Waals surface area contributed by atoms with Crippen molar-refractivity contribution in [3.63, 3.8) is 0 Å². The molecular weight excluding hydrogens is 178 g/mol.